The first-order valence-corrected chi connectivity index (χ1v) is 8.81. The summed E-state index contributed by atoms with van der Waals surface area (Å²) in [6, 6.07) is 15.6. The zero-order valence-corrected chi connectivity index (χ0v) is 14.9. The van der Waals surface area contributed by atoms with Gasteiger partial charge in [-0.1, -0.05) is 19.1 Å². The van der Waals surface area contributed by atoms with E-state index in [1.807, 2.05) is 60.0 Å². The van der Waals surface area contributed by atoms with Crippen LogP contribution in [-0.2, 0) is 4.79 Å². The van der Waals surface area contributed by atoms with Gasteiger partial charge in [0.1, 0.15) is 5.75 Å². The van der Waals surface area contributed by atoms with E-state index in [0.717, 1.165) is 35.6 Å². The third-order valence-corrected chi connectivity index (χ3v) is 5.06. The van der Waals surface area contributed by atoms with Crippen molar-refractivity contribution in [3.63, 3.8) is 0 Å². The van der Waals surface area contributed by atoms with Crippen LogP contribution in [0.15, 0.2) is 48.5 Å². The number of nitrogens with one attached hydrogen (secondary N) is 2. The summed E-state index contributed by atoms with van der Waals surface area (Å²) >= 11 is 0. The van der Waals surface area contributed by atoms with Gasteiger partial charge in [0.2, 0.25) is 11.9 Å². The molecule has 0 saturated carbocycles. The highest BCUT2D eigenvalue weighted by Crippen LogP contribution is 2.27. The predicted octanol–water partition coefficient (Wildman–Crippen LogP) is 2.83. The number of amides is 1. The minimum Gasteiger partial charge on any atom is -0.497 e. The van der Waals surface area contributed by atoms with Crippen LogP contribution < -0.4 is 15.4 Å². The van der Waals surface area contributed by atoms with Gasteiger partial charge in [0, 0.05) is 11.6 Å². The SMILES string of the molecule is COc1ccc(-n2c(NC(=O)C(C)C3CNC3)nc3ccccc32)cc1. The van der Waals surface area contributed by atoms with E-state index in [9.17, 15) is 4.79 Å². The molecule has 1 atom stereocenters. The minimum absolute atomic E-state index is 0.00145. The van der Waals surface area contributed by atoms with Crippen molar-refractivity contribution in [3.8, 4) is 11.4 Å². The maximum atomic E-state index is 12.7. The number of aromatic nitrogens is 2. The third-order valence-electron chi connectivity index (χ3n) is 5.06. The number of hydrogen-bond donors (Lipinski definition) is 2. The van der Waals surface area contributed by atoms with Gasteiger partial charge in [-0.3, -0.25) is 14.7 Å². The van der Waals surface area contributed by atoms with Gasteiger partial charge in [-0.2, -0.15) is 0 Å². The summed E-state index contributed by atoms with van der Waals surface area (Å²) in [6.45, 7) is 3.76. The molecule has 1 saturated heterocycles. The van der Waals surface area contributed by atoms with Crippen LogP contribution in [0.3, 0.4) is 0 Å². The van der Waals surface area contributed by atoms with E-state index in [1.54, 1.807) is 7.11 Å². The molecule has 2 heterocycles. The molecule has 4 rings (SSSR count). The molecule has 134 valence electrons. The second-order valence-electron chi connectivity index (χ2n) is 6.65. The molecule has 0 spiro atoms. The molecule has 1 aromatic heterocycles. The van der Waals surface area contributed by atoms with Crippen molar-refractivity contribution < 1.29 is 9.53 Å². The van der Waals surface area contributed by atoms with E-state index in [2.05, 4.69) is 15.6 Å². The van der Waals surface area contributed by atoms with E-state index in [0.29, 0.717) is 11.9 Å². The standard InChI is InChI=1S/C20H22N4O2/c1-13(14-11-21-12-14)19(25)23-20-22-17-5-3-4-6-18(17)24(20)15-7-9-16(26-2)10-8-15/h3-10,13-14,21H,11-12H2,1-2H3,(H,22,23,25). The molecule has 2 N–H and O–H groups in total. The van der Waals surface area contributed by atoms with Gasteiger partial charge in [-0.25, -0.2) is 4.98 Å². The van der Waals surface area contributed by atoms with Crippen LogP contribution in [0.4, 0.5) is 5.95 Å². The van der Waals surface area contributed by atoms with E-state index in [-0.39, 0.29) is 11.8 Å². The number of para-hydroxylation sites is 2. The molecule has 0 bridgehead atoms. The lowest BCUT2D eigenvalue weighted by Crippen LogP contribution is -2.48. The minimum atomic E-state index is -0.0552. The quantitative estimate of drug-likeness (QED) is 0.742. The van der Waals surface area contributed by atoms with Crippen molar-refractivity contribution in [2.45, 2.75) is 6.92 Å². The number of anilines is 1. The molecular weight excluding hydrogens is 328 g/mol. The Labute approximate surface area is 152 Å². The largest absolute Gasteiger partial charge is 0.497 e. The average Bonchev–Trinajstić information content (AvgIpc) is 2.98. The summed E-state index contributed by atoms with van der Waals surface area (Å²) in [5, 5.41) is 6.25. The van der Waals surface area contributed by atoms with Crippen LogP contribution >= 0.6 is 0 Å². The Morgan fingerprint density at radius 1 is 1.23 bits per heavy atom. The van der Waals surface area contributed by atoms with Crippen LogP contribution in [0.5, 0.6) is 5.75 Å². The van der Waals surface area contributed by atoms with Crippen LogP contribution in [0, 0.1) is 11.8 Å². The molecule has 1 aliphatic rings. The molecule has 2 aromatic carbocycles. The Morgan fingerprint density at radius 3 is 2.62 bits per heavy atom. The second kappa shape index (κ2) is 6.80. The number of nitrogens with zero attached hydrogens (tertiary/aromatic N) is 2. The number of rotatable bonds is 5. The monoisotopic (exact) mass is 350 g/mol. The summed E-state index contributed by atoms with van der Waals surface area (Å²) in [5.41, 5.74) is 2.72. The number of methoxy groups -OCH3 is 1. The van der Waals surface area contributed by atoms with E-state index in [1.165, 1.54) is 0 Å². The van der Waals surface area contributed by atoms with Gasteiger partial charge in [-0.05, 0) is 55.4 Å². The summed E-state index contributed by atoms with van der Waals surface area (Å²) in [4.78, 5) is 17.3. The maximum absolute atomic E-state index is 12.7. The van der Waals surface area contributed by atoms with Gasteiger partial charge >= 0.3 is 0 Å². The highest BCUT2D eigenvalue weighted by molar-refractivity contribution is 5.94. The normalized spacial score (nSPS) is 15.5. The molecule has 1 aliphatic heterocycles. The lowest BCUT2D eigenvalue weighted by Gasteiger charge is -2.31. The second-order valence-corrected chi connectivity index (χ2v) is 6.65. The molecule has 1 unspecified atom stereocenters. The number of imidazole rings is 1. The van der Waals surface area contributed by atoms with Crippen molar-refractivity contribution in [2.24, 2.45) is 11.8 Å². The fourth-order valence-electron chi connectivity index (χ4n) is 3.21. The van der Waals surface area contributed by atoms with Crippen LogP contribution in [0.25, 0.3) is 16.7 Å². The van der Waals surface area contributed by atoms with Crippen molar-refractivity contribution in [1.82, 2.24) is 14.9 Å². The number of hydrogen-bond acceptors (Lipinski definition) is 4. The first-order chi connectivity index (χ1) is 12.7. The molecule has 3 aromatic rings. The topological polar surface area (TPSA) is 68.2 Å². The van der Waals surface area contributed by atoms with E-state index < -0.39 is 0 Å². The number of ether oxygens (including phenoxy) is 1. The Bertz CT molecular complexity index is 929. The Balaban J connectivity index is 1.72. The zero-order valence-electron chi connectivity index (χ0n) is 14.9. The highest BCUT2D eigenvalue weighted by Gasteiger charge is 2.29. The smallest absolute Gasteiger partial charge is 0.229 e. The predicted molar refractivity (Wildman–Crippen MR) is 102 cm³/mol. The van der Waals surface area contributed by atoms with Gasteiger partial charge in [-0.15, -0.1) is 0 Å². The number of benzene rings is 2. The zero-order chi connectivity index (χ0) is 18.1. The van der Waals surface area contributed by atoms with Crippen molar-refractivity contribution >= 4 is 22.9 Å². The molecule has 6 nitrogen and oxygen atoms in total. The number of carbonyl (C=O) groups excluding carboxylic acids is 1. The maximum Gasteiger partial charge on any atom is 0.229 e. The Kier molecular flexibility index (Phi) is 4.34. The van der Waals surface area contributed by atoms with Crippen LogP contribution in [0.1, 0.15) is 6.92 Å². The lowest BCUT2D eigenvalue weighted by atomic mass is 9.88. The van der Waals surface area contributed by atoms with Gasteiger partial charge < -0.3 is 10.1 Å². The molecule has 1 fully saturated rings. The first kappa shape index (κ1) is 16.6. The summed E-state index contributed by atoms with van der Waals surface area (Å²) in [5.74, 6) is 1.66. The van der Waals surface area contributed by atoms with Crippen molar-refractivity contribution in [3.05, 3.63) is 48.5 Å². The summed E-state index contributed by atoms with van der Waals surface area (Å²) < 4.78 is 7.22. The van der Waals surface area contributed by atoms with Crippen LogP contribution in [-0.4, -0.2) is 35.7 Å². The van der Waals surface area contributed by atoms with E-state index in [4.69, 9.17) is 4.74 Å². The Hall–Kier alpha value is -2.86. The summed E-state index contributed by atoms with van der Waals surface area (Å²) in [7, 11) is 1.64. The first-order valence-electron chi connectivity index (χ1n) is 8.81. The molecule has 0 aliphatic carbocycles. The number of carbonyl (C=O) groups is 1. The third kappa shape index (κ3) is 2.93. The molecular formula is C20H22N4O2. The van der Waals surface area contributed by atoms with Crippen molar-refractivity contribution in [1.29, 1.82) is 0 Å². The van der Waals surface area contributed by atoms with Crippen LogP contribution in [0.2, 0.25) is 0 Å². The molecule has 26 heavy (non-hydrogen) atoms. The van der Waals surface area contributed by atoms with E-state index >= 15 is 0 Å². The lowest BCUT2D eigenvalue weighted by molar-refractivity contribution is -0.121. The average molecular weight is 350 g/mol. The summed E-state index contributed by atoms with van der Waals surface area (Å²) in [6.07, 6.45) is 0. The molecule has 1 amide bonds. The van der Waals surface area contributed by atoms with Crippen molar-refractivity contribution in [2.75, 3.05) is 25.5 Å². The van der Waals surface area contributed by atoms with Gasteiger partial charge in [0.05, 0.1) is 18.1 Å². The molecule has 0 radical (unpaired) electrons. The fourth-order valence-corrected chi connectivity index (χ4v) is 3.21. The van der Waals surface area contributed by atoms with Gasteiger partial charge in [0.25, 0.3) is 0 Å². The Morgan fingerprint density at radius 2 is 1.96 bits per heavy atom. The fraction of sp³-hybridized carbons (Fsp3) is 0.300. The van der Waals surface area contributed by atoms with Gasteiger partial charge in [0.15, 0.2) is 0 Å². The highest BCUT2D eigenvalue weighted by atomic mass is 16.5. The molecule has 6 heteroatoms. The number of fused-ring (bicyclic) bond motifs is 1.